The molecule has 1 aliphatic rings. The Morgan fingerprint density at radius 2 is 1.88 bits per heavy atom. The van der Waals surface area contributed by atoms with Crippen molar-refractivity contribution in [2.45, 2.75) is 53.0 Å². The summed E-state index contributed by atoms with van der Waals surface area (Å²) in [5.41, 5.74) is 9.84. The molecular formula is C22H27N2+. The van der Waals surface area contributed by atoms with Crippen LogP contribution in [0.1, 0.15) is 48.4 Å². The van der Waals surface area contributed by atoms with E-state index in [1.54, 1.807) is 0 Å². The largest absolute Gasteiger partial charge is 0.289 e. The van der Waals surface area contributed by atoms with E-state index in [9.17, 15) is 0 Å². The van der Waals surface area contributed by atoms with Crippen LogP contribution in [-0.2, 0) is 20.0 Å². The predicted molar refractivity (Wildman–Crippen MR) is 100 cm³/mol. The smallest absolute Gasteiger partial charge is 0.226 e. The number of rotatable bonds is 2. The minimum Gasteiger partial charge on any atom is -0.226 e. The van der Waals surface area contributed by atoms with Crippen molar-refractivity contribution in [3.8, 4) is 11.4 Å². The maximum atomic E-state index is 2.55. The second kappa shape index (κ2) is 5.47. The summed E-state index contributed by atoms with van der Waals surface area (Å²) in [6.07, 6.45) is 2.43. The number of aryl methyl sites for hydroxylation is 5. The van der Waals surface area contributed by atoms with Gasteiger partial charge in [-0.1, -0.05) is 32.0 Å². The Kier molecular flexibility index (Phi) is 3.52. The zero-order chi connectivity index (χ0) is 17.0. The fourth-order valence-corrected chi connectivity index (χ4v) is 4.26. The van der Waals surface area contributed by atoms with E-state index in [0.29, 0.717) is 5.92 Å². The van der Waals surface area contributed by atoms with Crippen LogP contribution < -0.4 is 4.57 Å². The topological polar surface area (TPSA) is 8.81 Å². The molecule has 0 N–H and O–H groups in total. The molecule has 0 unspecified atom stereocenters. The first kappa shape index (κ1) is 15.4. The fourth-order valence-electron chi connectivity index (χ4n) is 4.26. The molecule has 0 saturated heterocycles. The minimum atomic E-state index is 0.575. The van der Waals surface area contributed by atoms with Gasteiger partial charge in [-0.2, -0.15) is 0 Å². The summed E-state index contributed by atoms with van der Waals surface area (Å²) in [4.78, 5) is 0. The van der Waals surface area contributed by atoms with E-state index in [1.165, 1.54) is 57.5 Å². The molecule has 0 amide bonds. The van der Waals surface area contributed by atoms with Gasteiger partial charge >= 0.3 is 0 Å². The zero-order valence-corrected chi connectivity index (χ0v) is 15.5. The standard InChI is InChI=1S/C22H27N2/c1-14(2)17-8-9-19(16(4)13-17)22-23(5)20-12-15(3)11-18-7-6-10-24(22)21(18)20/h8-9,11-14H,6-7,10H2,1-5H3/q+1. The summed E-state index contributed by atoms with van der Waals surface area (Å²) in [6.45, 7) is 10.1. The molecule has 24 heavy (non-hydrogen) atoms. The maximum Gasteiger partial charge on any atom is 0.289 e. The van der Waals surface area contributed by atoms with Crippen molar-refractivity contribution < 1.29 is 4.57 Å². The maximum absolute atomic E-state index is 2.55. The zero-order valence-electron chi connectivity index (χ0n) is 15.5. The molecule has 2 heterocycles. The molecule has 0 bridgehead atoms. The number of imidazole rings is 1. The average Bonchev–Trinajstić information content (AvgIpc) is 2.81. The van der Waals surface area contributed by atoms with Crippen LogP contribution in [0.2, 0.25) is 0 Å². The molecule has 0 atom stereocenters. The summed E-state index contributed by atoms with van der Waals surface area (Å²) < 4.78 is 4.94. The lowest BCUT2D eigenvalue weighted by Crippen LogP contribution is -2.39. The van der Waals surface area contributed by atoms with E-state index >= 15 is 0 Å². The van der Waals surface area contributed by atoms with Crippen LogP contribution >= 0.6 is 0 Å². The van der Waals surface area contributed by atoms with Gasteiger partial charge in [0.2, 0.25) is 0 Å². The summed E-state index contributed by atoms with van der Waals surface area (Å²) in [7, 11) is 2.22. The van der Waals surface area contributed by atoms with E-state index < -0.39 is 0 Å². The Balaban J connectivity index is 2.02. The highest BCUT2D eigenvalue weighted by molar-refractivity contribution is 5.81. The monoisotopic (exact) mass is 319 g/mol. The summed E-state index contributed by atoms with van der Waals surface area (Å²) in [5.74, 6) is 1.93. The lowest BCUT2D eigenvalue weighted by molar-refractivity contribution is -0.664. The van der Waals surface area contributed by atoms with Crippen LogP contribution in [0.15, 0.2) is 30.3 Å². The van der Waals surface area contributed by atoms with Crippen LogP contribution in [0.5, 0.6) is 0 Å². The number of aromatic nitrogens is 2. The van der Waals surface area contributed by atoms with Gasteiger partial charge in [0.05, 0.1) is 19.2 Å². The first-order chi connectivity index (χ1) is 11.5. The van der Waals surface area contributed by atoms with Crippen molar-refractivity contribution in [3.63, 3.8) is 0 Å². The minimum absolute atomic E-state index is 0.575. The van der Waals surface area contributed by atoms with Gasteiger partial charge in [-0.3, -0.25) is 0 Å². The van der Waals surface area contributed by atoms with E-state index in [0.717, 1.165) is 6.54 Å². The molecule has 124 valence electrons. The molecule has 4 rings (SSSR count). The summed E-state index contributed by atoms with van der Waals surface area (Å²) >= 11 is 0. The Hall–Kier alpha value is -2.09. The van der Waals surface area contributed by atoms with Gasteiger partial charge in [-0.25, -0.2) is 9.13 Å². The molecule has 0 saturated carbocycles. The quantitative estimate of drug-likeness (QED) is 0.599. The third kappa shape index (κ3) is 2.20. The van der Waals surface area contributed by atoms with E-state index in [4.69, 9.17) is 0 Å². The normalized spacial score (nSPS) is 13.9. The van der Waals surface area contributed by atoms with E-state index in [-0.39, 0.29) is 0 Å². The molecule has 0 aliphatic carbocycles. The van der Waals surface area contributed by atoms with Gasteiger partial charge in [0.25, 0.3) is 5.82 Å². The van der Waals surface area contributed by atoms with Crippen molar-refractivity contribution in [2.24, 2.45) is 7.05 Å². The SMILES string of the molecule is Cc1cc2c3c(c1)n(C)c(-c1ccc(C(C)C)cc1C)[n+]3CCC2. The highest BCUT2D eigenvalue weighted by Gasteiger charge is 2.29. The second-order valence-corrected chi connectivity index (χ2v) is 7.66. The third-order valence-electron chi connectivity index (χ3n) is 5.50. The molecule has 0 radical (unpaired) electrons. The number of nitrogens with zero attached hydrogens (tertiary/aromatic N) is 2. The highest BCUT2D eigenvalue weighted by atomic mass is 15.2. The second-order valence-electron chi connectivity index (χ2n) is 7.66. The lowest BCUT2D eigenvalue weighted by atomic mass is 9.97. The Labute approximate surface area is 144 Å². The highest BCUT2D eigenvalue weighted by Crippen LogP contribution is 2.31. The van der Waals surface area contributed by atoms with Gasteiger partial charge in [0.1, 0.15) is 0 Å². The van der Waals surface area contributed by atoms with Gasteiger partial charge in [-0.05, 0) is 61.4 Å². The Bertz CT molecular complexity index is 944. The van der Waals surface area contributed by atoms with Gasteiger partial charge in [-0.15, -0.1) is 0 Å². The van der Waals surface area contributed by atoms with Crippen LogP contribution in [0.3, 0.4) is 0 Å². The number of hydrogen-bond donors (Lipinski definition) is 0. The Morgan fingerprint density at radius 1 is 1.08 bits per heavy atom. The number of benzene rings is 2. The summed E-state index contributed by atoms with van der Waals surface area (Å²) in [5, 5.41) is 0. The van der Waals surface area contributed by atoms with Crippen molar-refractivity contribution in [1.82, 2.24) is 4.57 Å². The molecule has 0 spiro atoms. The molecule has 2 aromatic carbocycles. The molecule has 1 aromatic heterocycles. The Morgan fingerprint density at radius 3 is 2.58 bits per heavy atom. The molecular weight excluding hydrogens is 292 g/mol. The van der Waals surface area contributed by atoms with Gasteiger partial charge in [0.15, 0.2) is 11.0 Å². The van der Waals surface area contributed by atoms with Crippen molar-refractivity contribution >= 4 is 11.0 Å². The lowest BCUT2D eigenvalue weighted by Gasteiger charge is -2.13. The predicted octanol–water partition coefficient (Wildman–Crippen LogP) is 4.82. The van der Waals surface area contributed by atoms with Crippen LogP contribution in [-0.4, -0.2) is 4.57 Å². The van der Waals surface area contributed by atoms with E-state index in [1.807, 2.05) is 0 Å². The summed E-state index contributed by atoms with van der Waals surface area (Å²) in [6, 6.07) is 11.7. The third-order valence-corrected chi connectivity index (χ3v) is 5.50. The van der Waals surface area contributed by atoms with Crippen LogP contribution in [0.25, 0.3) is 22.4 Å². The van der Waals surface area contributed by atoms with Crippen molar-refractivity contribution in [3.05, 3.63) is 52.6 Å². The molecule has 2 nitrogen and oxygen atoms in total. The van der Waals surface area contributed by atoms with Gasteiger partial charge < -0.3 is 0 Å². The fraction of sp³-hybridized carbons (Fsp3) is 0.409. The first-order valence-electron chi connectivity index (χ1n) is 9.10. The number of hydrogen-bond acceptors (Lipinski definition) is 0. The van der Waals surface area contributed by atoms with Gasteiger partial charge in [0, 0.05) is 5.56 Å². The molecule has 3 aromatic rings. The van der Waals surface area contributed by atoms with Crippen molar-refractivity contribution in [2.75, 3.05) is 0 Å². The van der Waals surface area contributed by atoms with E-state index in [2.05, 4.69) is 74.2 Å². The van der Waals surface area contributed by atoms with Crippen molar-refractivity contribution in [1.29, 1.82) is 0 Å². The molecule has 0 fully saturated rings. The van der Waals surface area contributed by atoms with Crippen LogP contribution in [0, 0.1) is 13.8 Å². The molecule has 2 heteroatoms. The first-order valence-corrected chi connectivity index (χ1v) is 9.10. The average molecular weight is 319 g/mol. The van der Waals surface area contributed by atoms with Crippen LogP contribution in [0.4, 0.5) is 0 Å². The molecule has 1 aliphatic heterocycles.